The standard InChI is InChI=1S/C12H19N3O3S/c1-2-13-9-6-16-5-8(9)12-14-11(15-18-12)10-7-19-4-3-17-10/h8-10,13H,2-7H2,1H3. The average molecular weight is 285 g/mol. The second kappa shape index (κ2) is 6.21. The van der Waals surface area contributed by atoms with E-state index in [2.05, 4.69) is 22.4 Å². The Kier molecular flexibility index (Phi) is 4.37. The maximum Gasteiger partial charge on any atom is 0.233 e. The monoisotopic (exact) mass is 285 g/mol. The fourth-order valence-corrected chi connectivity index (χ4v) is 3.27. The van der Waals surface area contributed by atoms with Crippen LogP contribution in [0.25, 0.3) is 0 Å². The molecule has 3 rings (SSSR count). The maximum atomic E-state index is 5.66. The fourth-order valence-electron chi connectivity index (χ4n) is 2.43. The van der Waals surface area contributed by atoms with Crippen LogP contribution >= 0.6 is 11.8 Å². The summed E-state index contributed by atoms with van der Waals surface area (Å²) < 4.78 is 16.6. The van der Waals surface area contributed by atoms with E-state index >= 15 is 0 Å². The Labute approximate surface area is 116 Å². The molecule has 6 nitrogen and oxygen atoms in total. The van der Waals surface area contributed by atoms with Gasteiger partial charge >= 0.3 is 0 Å². The van der Waals surface area contributed by atoms with E-state index in [4.69, 9.17) is 14.0 Å². The molecule has 2 fully saturated rings. The van der Waals surface area contributed by atoms with Gasteiger partial charge in [0.25, 0.3) is 0 Å². The molecule has 1 N–H and O–H groups in total. The lowest BCUT2D eigenvalue weighted by Gasteiger charge is -2.18. The Bertz CT molecular complexity index is 409. The van der Waals surface area contributed by atoms with E-state index in [1.54, 1.807) is 0 Å². The molecule has 1 aromatic heterocycles. The van der Waals surface area contributed by atoms with Crippen molar-refractivity contribution in [3.05, 3.63) is 11.7 Å². The molecular weight excluding hydrogens is 266 g/mol. The molecule has 3 atom stereocenters. The zero-order chi connectivity index (χ0) is 13.1. The van der Waals surface area contributed by atoms with Crippen molar-refractivity contribution in [2.24, 2.45) is 0 Å². The van der Waals surface area contributed by atoms with Gasteiger partial charge in [-0.3, -0.25) is 0 Å². The number of hydrogen-bond acceptors (Lipinski definition) is 7. The molecule has 3 unspecified atom stereocenters. The average Bonchev–Trinajstić information content (AvgIpc) is 3.08. The smallest absolute Gasteiger partial charge is 0.233 e. The van der Waals surface area contributed by atoms with Gasteiger partial charge in [-0.2, -0.15) is 16.7 Å². The van der Waals surface area contributed by atoms with Crippen molar-refractivity contribution in [2.75, 3.05) is 37.9 Å². The van der Waals surface area contributed by atoms with E-state index in [-0.39, 0.29) is 18.1 Å². The van der Waals surface area contributed by atoms with Crippen molar-refractivity contribution in [3.8, 4) is 0 Å². The minimum atomic E-state index is -0.0313. The van der Waals surface area contributed by atoms with Crippen LogP contribution in [0.5, 0.6) is 0 Å². The van der Waals surface area contributed by atoms with Gasteiger partial charge in [0, 0.05) is 17.5 Å². The summed E-state index contributed by atoms with van der Waals surface area (Å²) >= 11 is 1.86. The highest BCUT2D eigenvalue weighted by atomic mass is 32.2. The van der Waals surface area contributed by atoms with E-state index < -0.39 is 0 Å². The first kappa shape index (κ1) is 13.4. The van der Waals surface area contributed by atoms with Crippen molar-refractivity contribution in [3.63, 3.8) is 0 Å². The number of aromatic nitrogens is 2. The molecule has 106 valence electrons. The molecule has 2 aliphatic heterocycles. The van der Waals surface area contributed by atoms with Crippen molar-refractivity contribution in [1.29, 1.82) is 0 Å². The van der Waals surface area contributed by atoms with E-state index in [0.29, 0.717) is 24.9 Å². The zero-order valence-electron chi connectivity index (χ0n) is 11.0. The molecule has 7 heteroatoms. The van der Waals surface area contributed by atoms with Crippen LogP contribution in [0, 0.1) is 0 Å². The molecule has 0 aromatic carbocycles. The number of thioether (sulfide) groups is 1. The Balaban J connectivity index is 1.69. The molecule has 0 spiro atoms. The lowest BCUT2D eigenvalue weighted by Crippen LogP contribution is -2.34. The van der Waals surface area contributed by atoms with Gasteiger partial charge in [0.2, 0.25) is 11.7 Å². The maximum absolute atomic E-state index is 5.66. The van der Waals surface area contributed by atoms with E-state index in [9.17, 15) is 0 Å². The third-order valence-electron chi connectivity index (χ3n) is 3.43. The first-order valence-electron chi connectivity index (χ1n) is 6.72. The van der Waals surface area contributed by atoms with Crippen molar-refractivity contribution < 1.29 is 14.0 Å². The minimum Gasteiger partial charge on any atom is -0.379 e. The molecule has 2 saturated heterocycles. The highest BCUT2D eigenvalue weighted by molar-refractivity contribution is 7.99. The van der Waals surface area contributed by atoms with Crippen LogP contribution in [0.2, 0.25) is 0 Å². The number of ether oxygens (including phenoxy) is 2. The van der Waals surface area contributed by atoms with Gasteiger partial charge in [-0.1, -0.05) is 12.1 Å². The molecule has 0 amide bonds. The summed E-state index contributed by atoms with van der Waals surface area (Å²) in [5, 5.41) is 7.46. The molecule has 3 heterocycles. The van der Waals surface area contributed by atoms with Crippen molar-refractivity contribution >= 4 is 11.8 Å². The molecule has 1 aromatic rings. The molecule has 19 heavy (non-hydrogen) atoms. The highest BCUT2D eigenvalue weighted by Gasteiger charge is 2.34. The Morgan fingerprint density at radius 2 is 2.37 bits per heavy atom. The predicted molar refractivity (Wildman–Crippen MR) is 71.3 cm³/mol. The summed E-state index contributed by atoms with van der Waals surface area (Å²) in [6.45, 7) is 5.09. The summed E-state index contributed by atoms with van der Waals surface area (Å²) in [6.07, 6.45) is -0.0313. The third-order valence-corrected chi connectivity index (χ3v) is 4.42. The Hall–Kier alpha value is -0.630. The first-order valence-corrected chi connectivity index (χ1v) is 7.88. The summed E-state index contributed by atoms with van der Waals surface area (Å²) in [6, 6.07) is 0.264. The normalized spacial score (nSPS) is 31.7. The largest absolute Gasteiger partial charge is 0.379 e. The highest BCUT2D eigenvalue weighted by Crippen LogP contribution is 2.28. The van der Waals surface area contributed by atoms with Gasteiger partial charge in [0.05, 0.1) is 25.7 Å². The second-order valence-corrected chi connectivity index (χ2v) is 5.88. The number of nitrogens with one attached hydrogen (secondary N) is 1. The van der Waals surface area contributed by atoms with Gasteiger partial charge in [-0.25, -0.2) is 0 Å². The lowest BCUT2D eigenvalue weighted by atomic mass is 10.0. The molecule has 0 bridgehead atoms. The summed E-state index contributed by atoms with van der Waals surface area (Å²) in [4.78, 5) is 4.51. The van der Waals surface area contributed by atoms with Crippen molar-refractivity contribution in [1.82, 2.24) is 15.5 Å². The molecule has 2 aliphatic rings. The van der Waals surface area contributed by atoms with Crippen LogP contribution in [0.3, 0.4) is 0 Å². The van der Waals surface area contributed by atoms with E-state index in [1.807, 2.05) is 11.8 Å². The SMILES string of the molecule is CCNC1COCC1c1nc(C2CSCCO2)no1. The first-order chi connectivity index (χ1) is 9.38. The quantitative estimate of drug-likeness (QED) is 0.883. The molecule has 0 saturated carbocycles. The number of nitrogens with zero attached hydrogens (tertiary/aromatic N) is 2. The predicted octanol–water partition coefficient (Wildman–Crippen LogP) is 0.966. The van der Waals surface area contributed by atoms with E-state index in [1.165, 1.54) is 0 Å². The Morgan fingerprint density at radius 1 is 1.42 bits per heavy atom. The Morgan fingerprint density at radius 3 is 3.16 bits per heavy atom. The van der Waals surface area contributed by atoms with Crippen LogP contribution in [0.4, 0.5) is 0 Å². The van der Waals surface area contributed by atoms with Gasteiger partial charge < -0.3 is 19.3 Å². The second-order valence-electron chi connectivity index (χ2n) is 4.73. The summed E-state index contributed by atoms with van der Waals surface area (Å²) in [5.41, 5.74) is 0. The summed E-state index contributed by atoms with van der Waals surface area (Å²) in [7, 11) is 0. The van der Waals surface area contributed by atoms with Crippen LogP contribution in [0.1, 0.15) is 30.7 Å². The molecule has 0 aliphatic carbocycles. The van der Waals surface area contributed by atoms with Crippen LogP contribution in [-0.2, 0) is 9.47 Å². The van der Waals surface area contributed by atoms with Crippen LogP contribution in [-0.4, -0.2) is 54.1 Å². The zero-order valence-corrected chi connectivity index (χ0v) is 11.8. The molecule has 0 radical (unpaired) electrons. The van der Waals surface area contributed by atoms with Gasteiger partial charge in [0.15, 0.2) is 0 Å². The molecular formula is C12H19N3O3S. The van der Waals surface area contributed by atoms with Gasteiger partial charge in [-0.05, 0) is 6.54 Å². The van der Waals surface area contributed by atoms with E-state index in [0.717, 1.165) is 24.7 Å². The topological polar surface area (TPSA) is 69.4 Å². The number of likely N-dealkylation sites (N-methyl/N-ethyl adjacent to an activating group) is 1. The van der Waals surface area contributed by atoms with Crippen LogP contribution in [0.15, 0.2) is 4.52 Å². The summed E-state index contributed by atoms with van der Waals surface area (Å²) in [5.74, 6) is 3.43. The number of hydrogen-bond donors (Lipinski definition) is 1. The van der Waals surface area contributed by atoms with Crippen molar-refractivity contribution in [2.45, 2.75) is 25.0 Å². The lowest BCUT2D eigenvalue weighted by molar-refractivity contribution is 0.0677. The third kappa shape index (κ3) is 2.94. The number of rotatable bonds is 4. The van der Waals surface area contributed by atoms with Gasteiger partial charge in [0.1, 0.15) is 6.10 Å². The van der Waals surface area contributed by atoms with Crippen LogP contribution < -0.4 is 5.32 Å². The fraction of sp³-hybridized carbons (Fsp3) is 0.833. The minimum absolute atomic E-state index is 0.0313. The van der Waals surface area contributed by atoms with Gasteiger partial charge in [-0.15, -0.1) is 0 Å².